The van der Waals surface area contributed by atoms with Crippen molar-refractivity contribution in [2.75, 3.05) is 13.1 Å². The number of carbonyl (C=O) groups excluding carboxylic acids is 1. The molecule has 1 fully saturated rings. The molecular formula is C27H33FN2O. The molecule has 3 nitrogen and oxygen atoms in total. The molecule has 0 radical (unpaired) electrons. The van der Waals surface area contributed by atoms with Gasteiger partial charge in [0.2, 0.25) is 0 Å². The molecule has 3 rings (SSSR count). The van der Waals surface area contributed by atoms with Gasteiger partial charge in [-0.05, 0) is 60.2 Å². The van der Waals surface area contributed by atoms with Gasteiger partial charge in [0.05, 0.1) is 0 Å². The molecule has 1 aliphatic heterocycles. The number of nitrogens with zero attached hydrogens (tertiary/aromatic N) is 2. The summed E-state index contributed by atoms with van der Waals surface area (Å²) >= 11 is 0. The minimum atomic E-state index is -0.250. The summed E-state index contributed by atoms with van der Waals surface area (Å²) in [7, 11) is 0. The molecule has 4 heteroatoms. The van der Waals surface area contributed by atoms with Gasteiger partial charge in [0.25, 0.3) is 5.91 Å². The Bertz CT molecular complexity index is 911. The molecule has 0 N–H and O–H groups in total. The van der Waals surface area contributed by atoms with E-state index in [1.807, 2.05) is 34.1 Å². The molecule has 1 saturated heterocycles. The summed E-state index contributed by atoms with van der Waals surface area (Å²) in [6, 6.07) is 14.6. The molecule has 164 valence electrons. The number of allylic oxidation sites excluding steroid dienone is 1. The number of amides is 1. The fourth-order valence-corrected chi connectivity index (χ4v) is 3.98. The quantitative estimate of drug-likeness (QED) is 0.463. The maximum absolute atomic E-state index is 13.4. The number of rotatable bonds is 8. The van der Waals surface area contributed by atoms with Gasteiger partial charge in [0, 0.05) is 19.6 Å². The van der Waals surface area contributed by atoms with Gasteiger partial charge < -0.3 is 9.80 Å². The SMILES string of the molecule is C=CN(Cc1ccccc1-c1ccc(F)cc1)/C(=C\CCC)C(=O)N1CCC(C)CC1. The zero-order valence-corrected chi connectivity index (χ0v) is 18.7. The largest absolute Gasteiger partial charge is 0.340 e. The lowest BCUT2D eigenvalue weighted by molar-refractivity contribution is -0.129. The Morgan fingerprint density at radius 1 is 1.16 bits per heavy atom. The number of halogens is 1. The monoisotopic (exact) mass is 420 g/mol. The van der Waals surface area contributed by atoms with Crippen LogP contribution < -0.4 is 0 Å². The molecule has 0 aliphatic carbocycles. The fraction of sp³-hybridized carbons (Fsp3) is 0.370. The van der Waals surface area contributed by atoms with Crippen LogP contribution in [0.3, 0.4) is 0 Å². The van der Waals surface area contributed by atoms with Crippen molar-refractivity contribution in [2.45, 2.75) is 46.1 Å². The van der Waals surface area contributed by atoms with Crippen LogP contribution in [0.2, 0.25) is 0 Å². The van der Waals surface area contributed by atoms with Gasteiger partial charge in [-0.2, -0.15) is 0 Å². The average molecular weight is 421 g/mol. The van der Waals surface area contributed by atoms with E-state index < -0.39 is 0 Å². The molecule has 31 heavy (non-hydrogen) atoms. The molecule has 0 unspecified atom stereocenters. The minimum absolute atomic E-state index is 0.0829. The van der Waals surface area contributed by atoms with Crippen molar-refractivity contribution in [1.29, 1.82) is 0 Å². The second-order valence-corrected chi connectivity index (χ2v) is 8.33. The standard InChI is InChI=1S/C27H33FN2O/c1-4-6-11-26(27(31)30-18-16-21(3)17-19-30)29(5-2)20-23-9-7-8-10-25(23)22-12-14-24(28)15-13-22/h5,7-15,21H,2,4,6,16-20H2,1,3H3/b26-11-. The van der Waals surface area contributed by atoms with Crippen molar-refractivity contribution in [3.05, 3.63) is 84.5 Å². The van der Waals surface area contributed by atoms with Gasteiger partial charge in [0.15, 0.2) is 0 Å². The van der Waals surface area contributed by atoms with Gasteiger partial charge in [0.1, 0.15) is 11.5 Å². The van der Waals surface area contributed by atoms with Crippen molar-refractivity contribution in [3.63, 3.8) is 0 Å². The maximum atomic E-state index is 13.4. The van der Waals surface area contributed by atoms with Gasteiger partial charge in [-0.1, -0.05) is 69.3 Å². The first-order valence-corrected chi connectivity index (χ1v) is 11.3. The topological polar surface area (TPSA) is 23.6 Å². The fourth-order valence-electron chi connectivity index (χ4n) is 3.98. The van der Waals surface area contributed by atoms with Crippen molar-refractivity contribution in [2.24, 2.45) is 5.92 Å². The lowest BCUT2D eigenvalue weighted by Gasteiger charge is -2.33. The molecule has 0 saturated carbocycles. The molecule has 0 spiro atoms. The zero-order valence-electron chi connectivity index (χ0n) is 18.7. The third kappa shape index (κ3) is 5.84. The van der Waals surface area contributed by atoms with Crippen molar-refractivity contribution in [1.82, 2.24) is 9.80 Å². The Kier molecular flexibility index (Phi) is 8.05. The van der Waals surface area contributed by atoms with Crippen LogP contribution in [0.1, 0.15) is 45.1 Å². The number of benzene rings is 2. The highest BCUT2D eigenvalue weighted by Gasteiger charge is 2.25. The van der Waals surface area contributed by atoms with Crippen LogP contribution in [0.5, 0.6) is 0 Å². The molecule has 0 atom stereocenters. The van der Waals surface area contributed by atoms with Crippen LogP contribution in [0.4, 0.5) is 4.39 Å². The number of carbonyl (C=O) groups is 1. The third-order valence-corrected chi connectivity index (χ3v) is 5.96. The number of hydrogen-bond acceptors (Lipinski definition) is 2. The van der Waals surface area contributed by atoms with Gasteiger partial charge in [-0.15, -0.1) is 0 Å². The molecular weight excluding hydrogens is 387 g/mol. The molecule has 1 amide bonds. The predicted molar refractivity (Wildman–Crippen MR) is 126 cm³/mol. The van der Waals surface area contributed by atoms with Crippen molar-refractivity contribution < 1.29 is 9.18 Å². The second kappa shape index (κ2) is 10.9. The van der Waals surface area contributed by atoms with Gasteiger partial charge in [-0.25, -0.2) is 4.39 Å². The summed E-state index contributed by atoms with van der Waals surface area (Å²) < 4.78 is 13.4. The first-order chi connectivity index (χ1) is 15.0. The van der Waals surface area contributed by atoms with Gasteiger partial charge in [-0.3, -0.25) is 4.79 Å². The van der Waals surface area contributed by atoms with E-state index in [-0.39, 0.29) is 11.7 Å². The second-order valence-electron chi connectivity index (χ2n) is 8.33. The molecule has 1 heterocycles. The minimum Gasteiger partial charge on any atom is -0.340 e. The number of hydrogen-bond donors (Lipinski definition) is 0. The number of likely N-dealkylation sites (tertiary alicyclic amines) is 1. The van der Waals surface area contributed by atoms with E-state index in [4.69, 9.17) is 0 Å². The normalized spacial score (nSPS) is 15.1. The van der Waals surface area contributed by atoms with E-state index >= 15 is 0 Å². The summed E-state index contributed by atoms with van der Waals surface area (Å²) in [5.41, 5.74) is 3.75. The highest BCUT2D eigenvalue weighted by atomic mass is 19.1. The first-order valence-electron chi connectivity index (χ1n) is 11.3. The zero-order chi connectivity index (χ0) is 22.2. The smallest absolute Gasteiger partial charge is 0.270 e. The first kappa shape index (κ1) is 22.8. The number of piperidine rings is 1. The molecule has 0 aromatic heterocycles. The summed E-state index contributed by atoms with van der Waals surface area (Å²) in [6.45, 7) is 10.5. The summed E-state index contributed by atoms with van der Waals surface area (Å²) in [4.78, 5) is 17.4. The molecule has 2 aromatic rings. The Balaban J connectivity index is 1.88. The van der Waals surface area contributed by atoms with Crippen LogP contribution in [-0.2, 0) is 11.3 Å². The predicted octanol–water partition coefficient (Wildman–Crippen LogP) is 6.38. The molecule has 1 aliphatic rings. The molecule has 2 aromatic carbocycles. The summed E-state index contributed by atoms with van der Waals surface area (Å²) in [5, 5.41) is 0. The lowest BCUT2D eigenvalue weighted by atomic mass is 9.98. The Morgan fingerprint density at radius 2 is 1.84 bits per heavy atom. The van der Waals surface area contributed by atoms with Crippen molar-refractivity contribution >= 4 is 5.91 Å². The van der Waals surface area contributed by atoms with Gasteiger partial charge >= 0.3 is 0 Å². The Labute approximate surface area is 185 Å². The van der Waals surface area contributed by atoms with E-state index in [0.29, 0.717) is 18.2 Å². The van der Waals surface area contributed by atoms with Crippen LogP contribution in [0.25, 0.3) is 11.1 Å². The highest BCUT2D eigenvalue weighted by molar-refractivity contribution is 5.93. The Morgan fingerprint density at radius 3 is 2.48 bits per heavy atom. The lowest BCUT2D eigenvalue weighted by Crippen LogP contribution is -2.41. The number of unbranched alkanes of at least 4 members (excludes halogenated alkanes) is 1. The van der Waals surface area contributed by atoms with Crippen molar-refractivity contribution in [3.8, 4) is 11.1 Å². The average Bonchev–Trinajstić information content (AvgIpc) is 2.79. The highest BCUT2D eigenvalue weighted by Crippen LogP contribution is 2.27. The summed E-state index contributed by atoms with van der Waals surface area (Å²) in [6.07, 6.45) is 7.71. The van der Waals surface area contributed by atoms with Crippen LogP contribution >= 0.6 is 0 Å². The third-order valence-electron chi connectivity index (χ3n) is 5.96. The van der Waals surface area contributed by atoms with Crippen LogP contribution in [0, 0.1) is 11.7 Å². The van der Waals surface area contributed by atoms with E-state index in [2.05, 4.69) is 26.5 Å². The van der Waals surface area contributed by atoms with E-state index in [9.17, 15) is 9.18 Å². The van der Waals surface area contributed by atoms with Crippen LogP contribution in [0.15, 0.2) is 73.1 Å². The van der Waals surface area contributed by atoms with E-state index in [0.717, 1.165) is 55.5 Å². The molecule has 0 bridgehead atoms. The van der Waals surface area contributed by atoms with E-state index in [1.54, 1.807) is 18.3 Å². The maximum Gasteiger partial charge on any atom is 0.270 e. The van der Waals surface area contributed by atoms with E-state index in [1.165, 1.54) is 12.1 Å². The Hall–Kier alpha value is -2.88. The summed E-state index contributed by atoms with van der Waals surface area (Å²) in [5.74, 6) is 0.505. The van der Waals surface area contributed by atoms with Crippen LogP contribution in [-0.4, -0.2) is 28.8 Å².